The zero-order valence-electron chi connectivity index (χ0n) is 19.2. The van der Waals surface area contributed by atoms with E-state index in [1.54, 1.807) is 5.32 Å². The van der Waals surface area contributed by atoms with Crippen LogP contribution in [-0.4, -0.2) is 89.2 Å². The topological polar surface area (TPSA) is 66.0 Å². The third-order valence-electron chi connectivity index (χ3n) is 4.32. The van der Waals surface area contributed by atoms with E-state index in [4.69, 9.17) is 13.3 Å². The first-order valence-corrected chi connectivity index (χ1v) is 11.9. The monoisotopic (exact) mass is 619 g/mol. The zero-order chi connectivity index (χ0) is 30.6. The van der Waals surface area contributed by atoms with Gasteiger partial charge in [-0.25, -0.2) is 4.79 Å². The van der Waals surface area contributed by atoms with Crippen LogP contribution in [0.5, 0.6) is 0 Å². The second-order valence-corrected chi connectivity index (χ2v) is 9.57. The first kappa shape index (κ1) is 36.3. The van der Waals surface area contributed by atoms with Gasteiger partial charge in [0.05, 0.1) is 6.17 Å². The van der Waals surface area contributed by atoms with Crippen LogP contribution in [0.4, 0.5) is 70.7 Å². The van der Waals surface area contributed by atoms with Crippen LogP contribution in [0.25, 0.3) is 0 Å². The summed E-state index contributed by atoms with van der Waals surface area (Å²) in [7, 11) is -3.79. The van der Waals surface area contributed by atoms with E-state index in [0.29, 0.717) is 0 Å². The molecule has 228 valence electrons. The van der Waals surface area contributed by atoms with E-state index in [0.717, 1.165) is 0 Å². The summed E-state index contributed by atoms with van der Waals surface area (Å²) in [5, 5.41) is 1.60. The van der Waals surface area contributed by atoms with Crippen LogP contribution in [0, 0.1) is 0 Å². The minimum atomic E-state index is -8.42. The Morgan fingerprint density at radius 2 is 0.947 bits per heavy atom. The number of hydrogen-bond donors (Lipinski definition) is 1. The molecule has 0 atom stereocenters. The van der Waals surface area contributed by atoms with E-state index in [-0.39, 0.29) is 19.8 Å². The van der Waals surface area contributed by atoms with Gasteiger partial charge in [0.1, 0.15) is 0 Å². The Hall–Kier alpha value is -1.68. The number of carbonyl (C=O) groups excluding carboxylic acids is 1. The van der Waals surface area contributed by atoms with Crippen molar-refractivity contribution in [3.05, 3.63) is 0 Å². The lowest BCUT2D eigenvalue weighted by Crippen LogP contribution is -2.73. The normalized spacial score (nSPS) is 15.0. The lowest BCUT2D eigenvalue weighted by atomic mass is 9.91. The summed E-state index contributed by atoms with van der Waals surface area (Å²) in [4.78, 5) is 11.6. The Kier molecular flexibility index (Phi) is 11.3. The number of hydrogen-bond acceptors (Lipinski definition) is 5. The summed E-state index contributed by atoms with van der Waals surface area (Å²) < 4.78 is 216. The van der Waals surface area contributed by atoms with Crippen LogP contribution in [0.15, 0.2) is 0 Å². The highest BCUT2D eigenvalue weighted by Gasteiger charge is 2.93. The van der Waals surface area contributed by atoms with Gasteiger partial charge in [0.2, 0.25) is 0 Å². The molecule has 0 saturated heterocycles. The maximum absolute atomic E-state index is 13.8. The van der Waals surface area contributed by atoms with Crippen molar-refractivity contribution in [2.45, 2.75) is 62.5 Å². The molecule has 0 aliphatic carbocycles. The molecule has 0 rings (SSSR count). The summed E-state index contributed by atoms with van der Waals surface area (Å²) in [5.41, 5.74) is 0. The minimum Gasteiger partial charge on any atom is -0.443 e. The van der Waals surface area contributed by atoms with Crippen LogP contribution in [0.1, 0.15) is 20.8 Å². The van der Waals surface area contributed by atoms with Gasteiger partial charge in [0.25, 0.3) is 0 Å². The van der Waals surface area contributed by atoms with Crippen LogP contribution >= 0.6 is 0 Å². The molecule has 6 nitrogen and oxygen atoms in total. The fraction of sp³-hybridized carbons (Fsp3) is 0.938. The van der Waals surface area contributed by atoms with E-state index < -0.39 is 69.4 Å². The van der Waals surface area contributed by atoms with Crippen LogP contribution in [-0.2, 0) is 18.0 Å². The van der Waals surface area contributed by atoms with E-state index in [2.05, 4.69) is 4.74 Å². The molecule has 0 aromatic carbocycles. The van der Waals surface area contributed by atoms with Crippen LogP contribution < -0.4 is 5.32 Å². The van der Waals surface area contributed by atoms with Crippen LogP contribution in [0.3, 0.4) is 0 Å². The van der Waals surface area contributed by atoms with Crippen molar-refractivity contribution in [1.29, 1.82) is 0 Å². The molecule has 38 heavy (non-hydrogen) atoms. The average Bonchev–Trinajstić information content (AvgIpc) is 2.75. The number of halogens is 15. The molecule has 0 spiro atoms. The van der Waals surface area contributed by atoms with Crippen LogP contribution in [0.2, 0.25) is 0 Å². The number of rotatable bonds is 15. The van der Waals surface area contributed by atoms with E-state index in [9.17, 15) is 70.7 Å². The second kappa shape index (κ2) is 11.8. The lowest BCUT2D eigenvalue weighted by molar-refractivity contribution is -0.453. The maximum atomic E-state index is 13.8. The fourth-order valence-corrected chi connectivity index (χ4v) is 4.65. The number of alkyl carbamates (subject to hydrolysis) is 1. The molecule has 0 aliphatic heterocycles. The predicted octanol–water partition coefficient (Wildman–Crippen LogP) is 5.67. The summed E-state index contributed by atoms with van der Waals surface area (Å²) in [6, 6.07) is 0. The quantitative estimate of drug-likeness (QED) is 0.189. The highest BCUT2D eigenvalue weighted by molar-refractivity contribution is 6.61. The molecule has 0 fully saturated rings. The maximum Gasteiger partial charge on any atom is 0.521 e. The molecule has 0 saturated carbocycles. The number of nitrogens with one attached hydrogen (secondary N) is 1. The molecule has 1 amide bonds. The van der Waals surface area contributed by atoms with E-state index >= 15 is 0 Å². The molecule has 0 unspecified atom stereocenters. The molecule has 0 aromatic heterocycles. The average molecular weight is 619 g/mol. The van der Waals surface area contributed by atoms with Crippen molar-refractivity contribution in [2.75, 3.05) is 32.6 Å². The summed E-state index contributed by atoms with van der Waals surface area (Å²) in [6.45, 7) is 0.698. The third-order valence-corrected chi connectivity index (χ3v) is 7.11. The first-order valence-electron chi connectivity index (χ1n) is 9.94. The molecule has 0 heterocycles. The van der Waals surface area contributed by atoms with Crippen molar-refractivity contribution >= 4 is 14.9 Å². The van der Waals surface area contributed by atoms with Gasteiger partial charge in [-0.15, -0.1) is 0 Å². The molecule has 1 N–H and O–H groups in total. The van der Waals surface area contributed by atoms with Gasteiger partial charge in [0.15, 0.2) is 6.61 Å². The predicted molar refractivity (Wildman–Crippen MR) is 95.7 cm³/mol. The minimum absolute atomic E-state index is 0.103. The number of ether oxygens (including phenoxy) is 1. The van der Waals surface area contributed by atoms with Crippen molar-refractivity contribution in [1.82, 2.24) is 5.32 Å². The van der Waals surface area contributed by atoms with Crippen molar-refractivity contribution in [3.8, 4) is 0 Å². The summed E-state index contributed by atoms with van der Waals surface area (Å²) in [5.74, 6) is -47.6. The number of amides is 1. The largest absolute Gasteiger partial charge is 0.521 e. The summed E-state index contributed by atoms with van der Waals surface area (Å²) in [6.07, 6.45) is -10.6. The standard InChI is InChI=1S/C16H20F15NO5Si/c1-4-35-38(36-5-2,37-6-3)8-32-9(33)34-7-10(17,18)11(19,20)12(21,22)13(23,24)14(25,26)15(27,28)16(29,30)31/h4-8H2,1-3H3,(H,32,33). The van der Waals surface area contributed by atoms with Gasteiger partial charge in [-0.1, -0.05) is 0 Å². The van der Waals surface area contributed by atoms with E-state index in [1.807, 2.05) is 0 Å². The smallest absolute Gasteiger partial charge is 0.443 e. The van der Waals surface area contributed by atoms with Gasteiger partial charge in [0, 0.05) is 19.8 Å². The molecule has 0 aliphatic rings. The highest BCUT2D eigenvalue weighted by Crippen LogP contribution is 2.62. The van der Waals surface area contributed by atoms with Crippen molar-refractivity contribution in [2.24, 2.45) is 0 Å². The second-order valence-electron chi connectivity index (χ2n) is 6.99. The van der Waals surface area contributed by atoms with Gasteiger partial charge < -0.3 is 23.3 Å². The molecular weight excluding hydrogens is 599 g/mol. The Bertz CT molecular complexity index is 777. The van der Waals surface area contributed by atoms with Gasteiger partial charge in [-0.3, -0.25) is 0 Å². The first-order chi connectivity index (χ1) is 16.8. The van der Waals surface area contributed by atoms with Gasteiger partial charge >= 0.3 is 56.6 Å². The number of alkyl halides is 15. The van der Waals surface area contributed by atoms with Crippen molar-refractivity contribution < 1.29 is 88.7 Å². The van der Waals surface area contributed by atoms with Crippen molar-refractivity contribution in [3.63, 3.8) is 0 Å². The molecule has 0 radical (unpaired) electrons. The molecule has 22 heteroatoms. The highest BCUT2D eigenvalue weighted by atomic mass is 28.4. The molecule has 0 bridgehead atoms. The molecular formula is C16H20F15NO5Si. The summed E-state index contributed by atoms with van der Waals surface area (Å²) >= 11 is 0. The lowest BCUT2D eigenvalue weighted by Gasteiger charge is -2.41. The Balaban J connectivity index is 5.89. The van der Waals surface area contributed by atoms with Gasteiger partial charge in [-0.2, -0.15) is 65.9 Å². The SMILES string of the molecule is CCO[Si](CNC(=O)OCC(F)(F)C(F)(F)C(F)(F)C(F)(F)C(F)(F)C(F)(F)C(F)(F)F)(OCC)OCC. The Morgan fingerprint density at radius 1 is 0.605 bits per heavy atom. The number of carbonyl (C=O) groups is 1. The third kappa shape index (κ3) is 6.54. The Morgan fingerprint density at radius 3 is 1.29 bits per heavy atom. The zero-order valence-corrected chi connectivity index (χ0v) is 20.2. The fourth-order valence-electron chi connectivity index (χ4n) is 2.42. The Labute approximate surface area is 205 Å². The molecule has 0 aromatic rings. The van der Waals surface area contributed by atoms with E-state index in [1.165, 1.54) is 20.8 Å². The van der Waals surface area contributed by atoms with Gasteiger partial charge in [-0.05, 0) is 20.8 Å².